The monoisotopic (exact) mass is 286 g/mol. The molecule has 2 nitrogen and oxygen atoms in total. The number of carbonyl (C=O) groups is 1. The van der Waals surface area contributed by atoms with Crippen molar-refractivity contribution in [3.8, 4) is 11.1 Å². The topological polar surface area (TPSA) is 37.3 Å². The second-order valence-electron chi connectivity index (χ2n) is 4.01. The number of hydrogen-bond acceptors (Lipinski definition) is 2. The minimum Gasteiger partial charge on any atom is -0.478 e. The average molecular weight is 286 g/mol. The third-order valence-corrected chi connectivity index (χ3v) is 3.48. The molecule has 0 aliphatic rings. The van der Waals surface area contributed by atoms with Gasteiger partial charge in [-0.15, -0.1) is 11.3 Å². The lowest BCUT2D eigenvalue weighted by Gasteiger charge is -2.11. The van der Waals surface area contributed by atoms with E-state index in [-0.39, 0.29) is 0 Å². The Kier molecular flexibility index (Phi) is 3.36. The smallest absolute Gasteiger partial charge is 0.417 e. The van der Waals surface area contributed by atoms with Crippen molar-refractivity contribution >= 4 is 17.3 Å². The highest BCUT2D eigenvalue weighted by atomic mass is 32.1. The van der Waals surface area contributed by atoms with E-state index in [9.17, 15) is 18.0 Å². The van der Waals surface area contributed by atoms with Crippen molar-refractivity contribution in [2.24, 2.45) is 0 Å². The van der Waals surface area contributed by atoms with Crippen LogP contribution in [0.4, 0.5) is 13.2 Å². The molecule has 2 rings (SSSR count). The molecule has 1 aromatic heterocycles. The molecule has 0 aliphatic heterocycles. The molecule has 1 heterocycles. The molecule has 0 radical (unpaired) electrons. The van der Waals surface area contributed by atoms with E-state index in [1.807, 2.05) is 6.92 Å². The number of thiophene rings is 1. The second-order valence-corrected chi connectivity index (χ2v) is 5.12. The standard InChI is InChI=1S/C13H9F3O2S/c1-7-4-9(6-19-7)8-2-3-10(12(17)18)11(5-8)13(14,15)16/h2-6H,1H3,(H,17,18). The molecule has 0 unspecified atom stereocenters. The summed E-state index contributed by atoms with van der Waals surface area (Å²) in [6.45, 7) is 1.85. The van der Waals surface area contributed by atoms with Gasteiger partial charge >= 0.3 is 12.1 Å². The Bertz CT molecular complexity index is 629. The molecule has 0 amide bonds. The Morgan fingerprint density at radius 2 is 1.89 bits per heavy atom. The molecular weight excluding hydrogens is 277 g/mol. The molecule has 0 aliphatic carbocycles. The number of aryl methyl sites for hydroxylation is 1. The normalized spacial score (nSPS) is 11.6. The number of benzene rings is 1. The molecule has 0 atom stereocenters. The van der Waals surface area contributed by atoms with Gasteiger partial charge in [-0.1, -0.05) is 6.07 Å². The Morgan fingerprint density at radius 3 is 2.37 bits per heavy atom. The van der Waals surface area contributed by atoms with Crippen LogP contribution in [-0.2, 0) is 6.18 Å². The van der Waals surface area contributed by atoms with Crippen LogP contribution < -0.4 is 0 Å². The van der Waals surface area contributed by atoms with E-state index >= 15 is 0 Å². The van der Waals surface area contributed by atoms with Gasteiger partial charge in [0.1, 0.15) is 0 Å². The first-order valence-electron chi connectivity index (χ1n) is 5.29. The molecule has 0 saturated carbocycles. The van der Waals surface area contributed by atoms with Gasteiger partial charge < -0.3 is 5.11 Å². The quantitative estimate of drug-likeness (QED) is 0.886. The third-order valence-electron chi connectivity index (χ3n) is 2.62. The highest BCUT2D eigenvalue weighted by molar-refractivity contribution is 7.10. The van der Waals surface area contributed by atoms with Gasteiger partial charge in [0.25, 0.3) is 0 Å². The zero-order valence-corrected chi connectivity index (χ0v) is 10.6. The van der Waals surface area contributed by atoms with Crippen LogP contribution in [0.3, 0.4) is 0 Å². The molecule has 6 heteroatoms. The lowest BCUT2D eigenvalue weighted by molar-refractivity contribution is -0.138. The van der Waals surface area contributed by atoms with Gasteiger partial charge in [0.2, 0.25) is 0 Å². The number of rotatable bonds is 2. The van der Waals surface area contributed by atoms with Crippen molar-refractivity contribution < 1.29 is 23.1 Å². The molecule has 100 valence electrons. The van der Waals surface area contributed by atoms with Crippen molar-refractivity contribution in [1.29, 1.82) is 0 Å². The van der Waals surface area contributed by atoms with E-state index in [1.165, 1.54) is 17.4 Å². The van der Waals surface area contributed by atoms with Crippen molar-refractivity contribution in [3.05, 3.63) is 45.6 Å². The van der Waals surface area contributed by atoms with E-state index in [4.69, 9.17) is 5.11 Å². The summed E-state index contributed by atoms with van der Waals surface area (Å²) in [5.74, 6) is -1.58. The first-order valence-corrected chi connectivity index (χ1v) is 6.17. The average Bonchev–Trinajstić information content (AvgIpc) is 2.74. The summed E-state index contributed by atoms with van der Waals surface area (Å²) in [6.07, 6.45) is -4.69. The largest absolute Gasteiger partial charge is 0.478 e. The van der Waals surface area contributed by atoms with Crippen LogP contribution in [0, 0.1) is 6.92 Å². The summed E-state index contributed by atoms with van der Waals surface area (Å²) in [4.78, 5) is 11.8. The number of aromatic carboxylic acids is 1. The first-order chi connectivity index (χ1) is 8.79. The van der Waals surface area contributed by atoms with E-state index in [2.05, 4.69) is 0 Å². The van der Waals surface area contributed by atoms with Crippen LogP contribution >= 0.6 is 11.3 Å². The van der Waals surface area contributed by atoms with Crippen LogP contribution in [0.25, 0.3) is 11.1 Å². The number of carboxylic acid groups (broad SMARTS) is 1. The molecule has 0 fully saturated rings. The first kappa shape index (κ1) is 13.6. The van der Waals surface area contributed by atoms with Crippen LogP contribution in [0.5, 0.6) is 0 Å². The fraction of sp³-hybridized carbons (Fsp3) is 0.154. The maximum atomic E-state index is 12.8. The highest BCUT2D eigenvalue weighted by Crippen LogP contribution is 2.35. The Balaban J connectivity index is 2.59. The highest BCUT2D eigenvalue weighted by Gasteiger charge is 2.35. The number of carboxylic acids is 1. The van der Waals surface area contributed by atoms with Gasteiger partial charge in [-0.25, -0.2) is 4.79 Å². The number of hydrogen-bond donors (Lipinski definition) is 1. The van der Waals surface area contributed by atoms with E-state index in [1.54, 1.807) is 11.4 Å². The summed E-state index contributed by atoms with van der Waals surface area (Å²) in [7, 11) is 0. The molecule has 2 aromatic rings. The van der Waals surface area contributed by atoms with Gasteiger partial charge in [0.15, 0.2) is 0 Å². The van der Waals surface area contributed by atoms with Crippen LogP contribution in [0.1, 0.15) is 20.8 Å². The third kappa shape index (κ3) is 2.78. The van der Waals surface area contributed by atoms with E-state index in [0.29, 0.717) is 11.1 Å². The Labute approximate surface area is 111 Å². The zero-order chi connectivity index (χ0) is 14.2. The maximum absolute atomic E-state index is 12.8. The molecular formula is C13H9F3O2S. The van der Waals surface area contributed by atoms with Crippen molar-refractivity contribution in [2.75, 3.05) is 0 Å². The van der Waals surface area contributed by atoms with Crippen molar-refractivity contribution in [2.45, 2.75) is 13.1 Å². The van der Waals surface area contributed by atoms with E-state index < -0.39 is 23.3 Å². The van der Waals surface area contributed by atoms with Gasteiger partial charge in [0, 0.05) is 4.88 Å². The molecule has 0 bridgehead atoms. The van der Waals surface area contributed by atoms with Crippen molar-refractivity contribution in [1.82, 2.24) is 0 Å². The van der Waals surface area contributed by atoms with Crippen molar-refractivity contribution in [3.63, 3.8) is 0 Å². The fourth-order valence-corrected chi connectivity index (χ4v) is 2.45. The fourth-order valence-electron chi connectivity index (χ4n) is 1.74. The molecule has 1 aromatic carbocycles. The van der Waals surface area contributed by atoms with E-state index in [0.717, 1.165) is 17.0 Å². The lowest BCUT2D eigenvalue weighted by Crippen LogP contribution is -2.12. The SMILES string of the molecule is Cc1cc(-c2ccc(C(=O)O)c(C(F)(F)F)c2)cs1. The summed E-state index contributed by atoms with van der Waals surface area (Å²) in [5, 5.41) is 10.5. The predicted molar refractivity (Wildman–Crippen MR) is 66.5 cm³/mol. The maximum Gasteiger partial charge on any atom is 0.417 e. The van der Waals surface area contributed by atoms with Crippen LogP contribution in [0.15, 0.2) is 29.6 Å². The van der Waals surface area contributed by atoms with Crippen LogP contribution in [-0.4, -0.2) is 11.1 Å². The number of halogens is 3. The zero-order valence-electron chi connectivity index (χ0n) is 9.78. The molecule has 1 N–H and O–H groups in total. The second kappa shape index (κ2) is 4.70. The van der Waals surface area contributed by atoms with Crippen LogP contribution in [0.2, 0.25) is 0 Å². The molecule has 19 heavy (non-hydrogen) atoms. The lowest BCUT2D eigenvalue weighted by atomic mass is 10.0. The predicted octanol–water partition coefficient (Wildman–Crippen LogP) is 4.44. The summed E-state index contributed by atoms with van der Waals surface area (Å²) < 4.78 is 38.5. The summed E-state index contributed by atoms with van der Waals surface area (Å²) in [6, 6.07) is 5.03. The van der Waals surface area contributed by atoms with Gasteiger partial charge in [0.05, 0.1) is 11.1 Å². The van der Waals surface area contributed by atoms with Gasteiger partial charge in [-0.2, -0.15) is 13.2 Å². The summed E-state index contributed by atoms with van der Waals surface area (Å²) in [5.41, 5.74) is -0.837. The minimum absolute atomic E-state index is 0.363. The van der Waals surface area contributed by atoms with Gasteiger partial charge in [-0.05, 0) is 41.6 Å². The minimum atomic E-state index is -4.69. The molecule has 0 spiro atoms. The number of alkyl halides is 3. The Morgan fingerprint density at radius 1 is 1.21 bits per heavy atom. The summed E-state index contributed by atoms with van der Waals surface area (Å²) >= 11 is 1.43. The Hall–Kier alpha value is -1.82. The molecule has 0 saturated heterocycles. The van der Waals surface area contributed by atoms with Gasteiger partial charge in [-0.3, -0.25) is 0 Å².